The van der Waals surface area contributed by atoms with Crippen molar-refractivity contribution in [2.24, 2.45) is 0 Å². The molecular weight excluding hydrogens is 405 g/mol. The van der Waals surface area contributed by atoms with E-state index in [9.17, 15) is 9.18 Å². The predicted octanol–water partition coefficient (Wildman–Crippen LogP) is 5.33. The van der Waals surface area contributed by atoms with Crippen molar-refractivity contribution in [3.05, 3.63) is 82.6 Å². The molecule has 148 valence electrons. The molecular formula is C22H20FN3OS2. The second-order valence-corrected chi connectivity index (χ2v) is 8.47. The van der Waals surface area contributed by atoms with Gasteiger partial charge in [-0.05, 0) is 54.1 Å². The van der Waals surface area contributed by atoms with Gasteiger partial charge in [-0.3, -0.25) is 4.79 Å². The zero-order valence-corrected chi connectivity index (χ0v) is 17.5. The molecule has 29 heavy (non-hydrogen) atoms. The van der Waals surface area contributed by atoms with Gasteiger partial charge in [-0.2, -0.15) is 11.8 Å². The lowest BCUT2D eigenvalue weighted by atomic mass is 10.2. The molecule has 0 spiro atoms. The number of thiophene rings is 1. The zero-order valence-electron chi connectivity index (χ0n) is 15.9. The number of halogens is 1. The normalized spacial score (nSPS) is 11.1. The van der Waals surface area contributed by atoms with Gasteiger partial charge in [0.25, 0.3) is 0 Å². The minimum absolute atomic E-state index is 0.0597. The number of carbonyl (C=O) groups excluding carboxylic acids is 1. The average Bonchev–Trinajstić information content (AvgIpc) is 3.36. The van der Waals surface area contributed by atoms with Gasteiger partial charge < -0.3 is 9.47 Å². The van der Waals surface area contributed by atoms with Crippen LogP contribution in [0.5, 0.6) is 0 Å². The van der Waals surface area contributed by atoms with Gasteiger partial charge in [-0.15, -0.1) is 11.3 Å². The SMILES string of the molecule is CSCc1nc2ccccc2n1CC(=O)N(Cc1cccs1)c1ccc(F)cc1. The summed E-state index contributed by atoms with van der Waals surface area (Å²) < 4.78 is 15.4. The first-order valence-electron chi connectivity index (χ1n) is 9.17. The van der Waals surface area contributed by atoms with Crippen LogP contribution in [0.4, 0.5) is 10.1 Å². The maximum absolute atomic E-state index is 13.4. The summed E-state index contributed by atoms with van der Waals surface area (Å²) in [6.45, 7) is 0.631. The molecule has 0 radical (unpaired) electrons. The summed E-state index contributed by atoms with van der Waals surface area (Å²) in [5.41, 5.74) is 2.51. The number of hydrogen-bond donors (Lipinski definition) is 0. The van der Waals surface area contributed by atoms with Crippen LogP contribution in [0.1, 0.15) is 10.7 Å². The van der Waals surface area contributed by atoms with E-state index in [4.69, 9.17) is 4.98 Å². The highest BCUT2D eigenvalue weighted by Gasteiger charge is 2.20. The largest absolute Gasteiger partial charge is 0.318 e. The van der Waals surface area contributed by atoms with Crippen LogP contribution in [-0.4, -0.2) is 21.7 Å². The first-order valence-corrected chi connectivity index (χ1v) is 11.4. The number of fused-ring (bicyclic) bond motifs is 1. The van der Waals surface area contributed by atoms with Gasteiger partial charge in [0.2, 0.25) is 5.91 Å². The Bertz CT molecular complexity index is 1110. The second-order valence-electron chi connectivity index (χ2n) is 6.57. The van der Waals surface area contributed by atoms with Crippen molar-refractivity contribution in [1.29, 1.82) is 0 Å². The van der Waals surface area contributed by atoms with Crippen LogP contribution < -0.4 is 4.90 Å². The number of amides is 1. The van der Waals surface area contributed by atoms with Gasteiger partial charge in [0, 0.05) is 10.6 Å². The fraction of sp³-hybridized carbons (Fsp3) is 0.182. The Kier molecular flexibility index (Phi) is 5.97. The van der Waals surface area contributed by atoms with E-state index in [1.165, 1.54) is 12.1 Å². The Morgan fingerprint density at radius 1 is 1.14 bits per heavy atom. The van der Waals surface area contributed by atoms with Gasteiger partial charge in [0.1, 0.15) is 18.2 Å². The molecule has 2 aromatic heterocycles. The fourth-order valence-corrected chi connectivity index (χ4v) is 4.44. The van der Waals surface area contributed by atoms with E-state index in [-0.39, 0.29) is 18.3 Å². The topological polar surface area (TPSA) is 38.1 Å². The van der Waals surface area contributed by atoms with Crippen LogP contribution in [0.15, 0.2) is 66.0 Å². The molecule has 0 fully saturated rings. The van der Waals surface area contributed by atoms with E-state index in [1.54, 1.807) is 40.1 Å². The van der Waals surface area contributed by atoms with Crippen LogP contribution >= 0.6 is 23.1 Å². The van der Waals surface area contributed by atoms with Crippen LogP contribution in [0.3, 0.4) is 0 Å². The minimum Gasteiger partial charge on any atom is -0.318 e. The summed E-state index contributed by atoms with van der Waals surface area (Å²) in [6.07, 6.45) is 2.02. The number of aromatic nitrogens is 2. The van der Waals surface area contributed by atoms with Crippen molar-refractivity contribution in [1.82, 2.24) is 9.55 Å². The second kappa shape index (κ2) is 8.80. The molecule has 0 bridgehead atoms. The fourth-order valence-electron chi connectivity index (χ4n) is 3.26. The highest BCUT2D eigenvalue weighted by atomic mass is 32.2. The van der Waals surface area contributed by atoms with Crippen LogP contribution in [0, 0.1) is 5.82 Å². The van der Waals surface area contributed by atoms with Crippen LogP contribution in [-0.2, 0) is 23.6 Å². The molecule has 0 N–H and O–H groups in total. The Morgan fingerprint density at radius 2 is 1.93 bits per heavy atom. The summed E-state index contributed by atoms with van der Waals surface area (Å²) >= 11 is 3.27. The van der Waals surface area contributed by atoms with E-state index in [1.807, 2.05) is 52.6 Å². The zero-order chi connectivity index (χ0) is 20.2. The molecule has 4 rings (SSSR count). The molecule has 0 aliphatic heterocycles. The molecule has 1 amide bonds. The van der Waals surface area contributed by atoms with Gasteiger partial charge in [-0.25, -0.2) is 9.37 Å². The van der Waals surface area contributed by atoms with E-state index < -0.39 is 0 Å². The summed E-state index contributed by atoms with van der Waals surface area (Å²) in [7, 11) is 0. The number of hydrogen-bond acceptors (Lipinski definition) is 4. The lowest BCUT2D eigenvalue weighted by Gasteiger charge is -2.23. The van der Waals surface area contributed by atoms with E-state index in [0.29, 0.717) is 12.2 Å². The van der Waals surface area contributed by atoms with Crippen molar-refractivity contribution in [2.45, 2.75) is 18.8 Å². The van der Waals surface area contributed by atoms with Gasteiger partial charge >= 0.3 is 0 Å². The third kappa shape index (κ3) is 4.36. The molecule has 2 heterocycles. The minimum atomic E-state index is -0.319. The van der Waals surface area contributed by atoms with E-state index in [2.05, 4.69) is 0 Å². The summed E-state index contributed by atoms with van der Waals surface area (Å²) in [5, 5.41) is 1.99. The number of benzene rings is 2. The number of anilines is 1. The molecule has 7 heteroatoms. The molecule has 0 saturated heterocycles. The monoisotopic (exact) mass is 425 g/mol. The van der Waals surface area contributed by atoms with Crippen LogP contribution in [0.25, 0.3) is 11.0 Å². The molecule has 2 aromatic carbocycles. The van der Waals surface area contributed by atoms with Crippen LogP contribution in [0.2, 0.25) is 0 Å². The maximum Gasteiger partial charge on any atom is 0.247 e. The number of imidazole rings is 1. The molecule has 4 nitrogen and oxygen atoms in total. The number of thioether (sulfide) groups is 1. The number of nitrogens with zero attached hydrogens (tertiary/aromatic N) is 3. The standard InChI is InChI=1S/C22H20FN3OS2/c1-28-15-21-24-19-6-2-3-7-20(19)26(21)14-22(27)25(13-18-5-4-12-29-18)17-10-8-16(23)9-11-17/h2-12H,13-15H2,1H3. The highest BCUT2D eigenvalue weighted by molar-refractivity contribution is 7.97. The van der Waals surface area contributed by atoms with Gasteiger partial charge in [0.15, 0.2) is 0 Å². The first-order chi connectivity index (χ1) is 14.2. The van der Waals surface area contributed by atoms with Crippen molar-refractivity contribution in [3.63, 3.8) is 0 Å². The third-order valence-electron chi connectivity index (χ3n) is 4.63. The Balaban J connectivity index is 1.68. The Morgan fingerprint density at radius 3 is 2.66 bits per heavy atom. The van der Waals surface area contributed by atoms with Crippen molar-refractivity contribution in [3.8, 4) is 0 Å². The molecule has 0 aliphatic rings. The molecule has 0 saturated carbocycles. The molecule has 0 aliphatic carbocycles. The number of para-hydroxylation sites is 2. The van der Waals surface area contributed by atoms with Gasteiger partial charge in [-0.1, -0.05) is 18.2 Å². The lowest BCUT2D eigenvalue weighted by Crippen LogP contribution is -2.33. The molecule has 0 atom stereocenters. The first kappa shape index (κ1) is 19.7. The Labute approximate surface area is 177 Å². The quantitative estimate of drug-likeness (QED) is 0.401. The van der Waals surface area contributed by atoms with Crippen molar-refractivity contribution >= 4 is 45.7 Å². The summed E-state index contributed by atoms with van der Waals surface area (Å²) in [6, 6.07) is 17.9. The van der Waals surface area contributed by atoms with Crippen molar-refractivity contribution in [2.75, 3.05) is 11.2 Å². The third-order valence-corrected chi connectivity index (χ3v) is 6.04. The Hall–Kier alpha value is -2.64. The lowest BCUT2D eigenvalue weighted by molar-refractivity contribution is -0.119. The van der Waals surface area contributed by atoms with E-state index in [0.717, 1.165) is 27.5 Å². The van der Waals surface area contributed by atoms with E-state index >= 15 is 0 Å². The van der Waals surface area contributed by atoms with Gasteiger partial charge in [0.05, 0.1) is 23.3 Å². The molecule has 4 aromatic rings. The average molecular weight is 426 g/mol. The summed E-state index contributed by atoms with van der Waals surface area (Å²) in [5.74, 6) is 1.22. The maximum atomic E-state index is 13.4. The highest BCUT2D eigenvalue weighted by Crippen LogP contribution is 2.23. The summed E-state index contributed by atoms with van der Waals surface area (Å²) in [4.78, 5) is 20.9. The predicted molar refractivity (Wildman–Crippen MR) is 119 cm³/mol. The number of rotatable bonds is 7. The molecule has 0 unspecified atom stereocenters. The van der Waals surface area contributed by atoms with Crippen molar-refractivity contribution < 1.29 is 9.18 Å². The number of carbonyl (C=O) groups is 1. The smallest absolute Gasteiger partial charge is 0.247 e.